The van der Waals surface area contributed by atoms with Crippen molar-refractivity contribution < 1.29 is 14.0 Å². The maximum atomic E-state index is 13.3. The molecule has 0 unspecified atom stereocenters. The third kappa shape index (κ3) is 7.65. The smallest absolute Gasteiger partial charge is 0.318 e. The van der Waals surface area contributed by atoms with Crippen LogP contribution in [0.1, 0.15) is 48.9 Å². The Kier molecular flexibility index (Phi) is 7.36. The maximum Gasteiger partial charge on any atom is 0.318 e. The Balaban J connectivity index is 1.75. The number of aryl methyl sites for hydroxylation is 1. The highest BCUT2D eigenvalue weighted by atomic mass is 32.1. The quantitative estimate of drug-likeness (QED) is 0.625. The van der Waals surface area contributed by atoms with E-state index in [9.17, 15) is 14.0 Å². The Hall–Kier alpha value is -2.41. The Morgan fingerprint density at radius 2 is 1.74 bits per heavy atom. The molecule has 0 aliphatic heterocycles. The fourth-order valence-corrected chi connectivity index (χ4v) is 4.20. The summed E-state index contributed by atoms with van der Waals surface area (Å²) < 4.78 is 13.3. The minimum absolute atomic E-state index is 0.0317. The highest BCUT2D eigenvalue weighted by Gasteiger charge is 2.30. The van der Waals surface area contributed by atoms with Crippen LogP contribution in [0.4, 0.5) is 9.18 Å². The average molecular weight is 446 g/mol. The van der Waals surface area contributed by atoms with E-state index in [-0.39, 0.29) is 29.8 Å². The molecule has 1 N–H and O–H groups in total. The van der Waals surface area contributed by atoms with Crippen molar-refractivity contribution in [2.75, 3.05) is 13.1 Å². The molecule has 0 bridgehead atoms. The van der Waals surface area contributed by atoms with Crippen molar-refractivity contribution in [2.24, 2.45) is 5.92 Å². The molecule has 1 aromatic heterocycles. The second-order valence-corrected chi connectivity index (χ2v) is 10.8. The molecule has 31 heavy (non-hydrogen) atoms. The van der Waals surface area contributed by atoms with Gasteiger partial charge >= 0.3 is 6.03 Å². The summed E-state index contributed by atoms with van der Waals surface area (Å²) >= 11 is 1.65. The van der Waals surface area contributed by atoms with Crippen molar-refractivity contribution in [1.82, 2.24) is 15.1 Å². The van der Waals surface area contributed by atoms with E-state index in [2.05, 4.69) is 5.32 Å². The summed E-state index contributed by atoms with van der Waals surface area (Å²) in [6.07, 6.45) is 2.20. The first-order valence-corrected chi connectivity index (χ1v) is 11.6. The molecule has 0 radical (unpaired) electrons. The predicted molar refractivity (Wildman–Crippen MR) is 122 cm³/mol. The molecule has 1 aliphatic carbocycles. The molecule has 1 saturated carbocycles. The van der Waals surface area contributed by atoms with Gasteiger partial charge in [0.15, 0.2) is 0 Å². The van der Waals surface area contributed by atoms with Crippen LogP contribution in [0.2, 0.25) is 0 Å². The van der Waals surface area contributed by atoms with Crippen LogP contribution in [-0.2, 0) is 17.9 Å². The largest absolute Gasteiger partial charge is 0.333 e. The lowest BCUT2D eigenvalue weighted by Gasteiger charge is -2.30. The predicted octanol–water partition coefficient (Wildman–Crippen LogP) is 4.94. The lowest BCUT2D eigenvalue weighted by atomic mass is 10.1. The highest BCUT2D eigenvalue weighted by molar-refractivity contribution is 7.11. The summed E-state index contributed by atoms with van der Waals surface area (Å²) in [5, 5.41) is 2.98. The Morgan fingerprint density at radius 1 is 1.06 bits per heavy atom. The monoisotopic (exact) mass is 445 g/mol. The van der Waals surface area contributed by atoms with Gasteiger partial charge in [-0.05, 0) is 76.3 Å². The summed E-state index contributed by atoms with van der Waals surface area (Å²) in [5.74, 6) is 0.0640. The van der Waals surface area contributed by atoms with Gasteiger partial charge in [-0.2, -0.15) is 0 Å². The van der Waals surface area contributed by atoms with E-state index in [0.717, 1.165) is 23.3 Å². The van der Waals surface area contributed by atoms with Crippen LogP contribution in [-0.4, -0.2) is 40.4 Å². The molecule has 1 aliphatic rings. The van der Waals surface area contributed by atoms with Crippen LogP contribution in [0.15, 0.2) is 36.4 Å². The SMILES string of the molecule is Cc1ccc(CN(Cc2ccc(F)cc2)C(=O)CN(CC2CC2)C(=O)NC(C)(C)C)s1. The number of carbonyl (C=O) groups excluding carboxylic acids is 2. The summed E-state index contributed by atoms with van der Waals surface area (Å²) in [6, 6.07) is 10.1. The second-order valence-electron chi connectivity index (χ2n) is 9.39. The zero-order chi connectivity index (χ0) is 22.6. The van der Waals surface area contributed by atoms with Crippen LogP contribution < -0.4 is 5.32 Å². The van der Waals surface area contributed by atoms with Crippen molar-refractivity contribution in [3.05, 3.63) is 57.5 Å². The van der Waals surface area contributed by atoms with Gasteiger partial charge < -0.3 is 15.1 Å². The van der Waals surface area contributed by atoms with Crippen molar-refractivity contribution in [3.63, 3.8) is 0 Å². The standard InChI is InChI=1S/C24H32FN3O2S/c1-17-5-12-21(31-17)15-27(13-19-8-10-20(25)11-9-19)22(29)16-28(14-18-6-7-18)23(30)26-24(2,3)4/h5,8-12,18H,6-7,13-16H2,1-4H3,(H,26,30). The number of benzene rings is 1. The van der Waals surface area contributed by atoms with Crippen LogP contribution in [0, 0.1) is 18.7 Å². The minimum Gasteiger partial charge on any atom is -0.333 e. The van der Waals surface area contributed by atoms with Crippen molar-refractivity contribution in [3.8, 4) is 0 Å². The first-order valence-electron chi connectivity index (χ1n) is 10.7. The number of nitrogens with one attached hydrogen (secondary N) is 1. The molecule has 0 spiro atoms. The number of nitrogens with zero attached hydrogens (tertiary/aromatic N) is 2. The Bertz CT molecular complexity index is 900. The fourth-order valence-electron chi connectivity index (χ4n) is 3.30. The van der Waals surface area contributed by atoms with E-state index in [0.29, 0.717) is 25.6 Å². The van der Waals surface area contributed by atoms with E-state index >= 15 is 0 Å². The van der Waals surface area contributed by atoms with E-state index in [1.807, 2.05) is 39.8 Å². The first kappa shape index (κ1) is 23.3. The van der Waals surface area contributed by atoms with Crippen LogP contribution in [0.25, 0.3) is 0 Å². The number of carbonyl (C=O) groups is 2. The number of urea groups is 1. The van der Waals surface area contributed by atoms with Gasteiger partial charge in [-0.3, -0.25) is 4.79 Å². The number of thiophene rings is 1. The van der Waals surface area contributed by atoms with Gasteiger partial charge in [0.2, 0.25) is 5.91 Å². The first-order chi connectivity index (χ1) is 14.6. The van der Waals surface area contributed by atoms with Crippen LogP contribution >= 0.6 is 11.3 Å². The summed E-state index contributed by atoms with van der Waals surface area (Å²) in [4.78, 5) is 31.8. The number of halogens is 1. The molecule has 0 atom stereocenters. The molecule has 1 aromatic carbocycles. The van der Waals surface area contributed by atoms with Crippen molar-refractivity contribution >= 4 is 23.3 Å². The van der Waals surface area contributed by atoms with Crippen LogP contribution in [0.5, 0.6) is 0 Å². The topological polar surface area (TPSA) is 52.7 Å². The minimum atomic E-state index is -0.371. The van der Waals surface area contributed by atoms with E-state index in [1.165, 1.54) is 17.0 Å². The molecule has 0 saturated heterocycles. The Labute approximate surface area is 188 Å². The van der Waals surface area contributed by atoms with Gasteiger partial charge in [0, 0.05) is 28.4 Å². The molecular formula is C24H32FN3O2S. The zero-order valence-electron chi connectivity index (χ0n) is 18.8. The maximum absolute atomic E-state index is 13.3. The van der Waals surface area contributed by atoms with E-state index in [4.69, 9.17) is 0 Å². The fraction of sp³-hybridized carbons (Fsp3) is 0.500. The summed E-state index contributed by atoms with van der Waals surface area (Å²) in [6.45, 7) is 9.29. The Morgan fingerprint density at radius 3 is 2.29 bits per heavy atom. The van der Waals surface area contributed by atoms with E-state index < -0.39 is 0 Å². The third-order valence-electron chi connectivity index (χ3n) is 5.05. The van der Waals surface area contributed by atoms with Gasteiger partial charge in [0.05, 0.1) is 6.54 Å². The molecule has 3 amide bonds. The zero-order valence-corrected chi connectivity index (χ0v) is 19.6. The lowest BCUT2D eigenvalue weighted by Crippen LogP contribution is -2.52. The summed E-state index contributed by atoms with van der Waals surface area (Å²) in [7, 11) is 0. The highest BCUT2D eigenvalue weighted by Crippen LogP contribution is 2.30. The second kappa shape index (κ2) is 9.81. The number of hydrogen-bond donors (Lipinski definition) is 1. The normalized spacial score (nSPS) is 13.7. The number of hydrogen-bond acceptors (Lipinski definition) is 3. The van der Waals surface area contributed by atoms with Crippen molar-refractivity contribution in [1.29, 1.82) is 0 Å². The molecule has 3 rings (SSSR count). The van der Waals surface area contributed by atoms with E-state index in [1.54, 1.807) is 33.3 Å². The number of rotatable bonds is 8. The summed E-state index contributed by atoms with van der Waals surface area (Å²) in [5.41, 5.74) is 0.487. The molecule has 1 heterocycles. The van der Waals surface area contributed by atoms with Gasteiger partial charge in [-0.25, -0.2) is 9.18 Å². The lowest BCUT2D eigenvalue weighted by molar-refractivity contribution is -0.133. The van der Waals surface area contributed by atoms with Gasteiger partial charge in [-0.1, -0.05) is 12.1 Å². The van der Waals surface area contributed by atoms with Gasteiger partial charge in [-0.15, -0.1) is 11.3 Å². The number of amides is 3. The molecule has 1 fully saturated rings. The van der Waals surface area contributed by atoms with Crippen molar-refractivity contribution in [2.45, 2.75) is 59.2 Å². The molecule has 168 valence electrons. The molecule has 7 heteroatoms. The third-order valence-corrected chi connectivity index (χ3v) is 6.04. The van der Waals surface area contributed by atoms with Gasteiger partial charge in [0.25, 0.3) is 0 Å². The molecule has 2 aromatic rings. The van der Waals surface area contributed by atoms with Gasteiger partial charge in [0.1, 0.15) is 12.4 Å². The van der Waals surface area contributed by atoms with Crippen LogP contribution in [0.3, 0.4) is 0 Å². The molecular weight excluding hydrogens is 413 g/mol. The average Bonchev–Trinajstić information content (AvgIpc) is 3.40. The molecule has 5 nitrogen and oxygen atoms in total.